The van der Waals surface area contributed by atoms with Crippen molar-refractivity contribution < 1.29 is 28.6 Å². The van der Waals surface area contributed by atoms with E-state index in [1.165, 1.54) is 116 Å². The molecule has 0 bridgehead atoms. The van der Waals surface area contributed by atoms with Gasteiger partial charge in [0.15, 0.2) is 6.10 Å². The van der Waals surface area contributed by atoms with Gasteiger partial charge in [-0.25, -0.2) is 0 Å². The zero-order chi connectivity index (χ0) is 44.4. The fourth-order valence-electron chi connectivity index (χ4n) is 6.90. The Hall–Kier alpha value is -3.15. The number of hydrogen-bond acceptors (Lipinski definition) is 6. The molecular weight excluding hydrogens is 757 g/mol. The van der Waals surface area contributed by atoms with Gasteiger partial charge in [-0.2, -0.15) is 0 Å². The molecule has 0 amide bonds. The van der Waals surface area contributed by atoms with Crippen LogP contribution in [0, 0.1) is 0 Å². The number of allylic oxidation sites excluding steroid dienone is 12. The molecule has 1 unspecified atom stereocenters. The predicted octanol–water partition coefficient (Wildman–Crippen LogP) is 16.6. The number of ether oxygens (including phenoxy) is 3. The number of unbranched alkanes of at least 4 members (excludes halogenated alkanes) is 22. The average molecular weight is 851 g/mol. The van der Waals surface area contributed by atoms with Gasteiger partial charge in [0, 0.05) is 19.3 Å². The van der Waals surface area contributed by atoms with Crippen LogP contribution in [0.2, 0.25) is 0 Å². The first-order valence-corrected chi connectivity index (χ1v) is 25.4. The van der Waals surface area contributed by atoms with Crippen LogP contribution in [0.5, 0.6) is 0 Å². The summed E-state index contributed by atoms with van der Waals surface area (Å²) >= 11 is 0. The van der Waals surface area contributed by atoms with Crippen LogP contribution in [-0.2, 0) is 28.6 Å². The monoisotopic (exact) mass is 851 g/mol. The van der Waals surface area contributed by atoms with Crippen molar-refractivity contribution in [2.75, 3.05) is 13.2 Å². The highest BCUT2D eigenvalue weighted by molar-refractivity contribution is 5.71. The van der Waals surface area contributed by atoms with E-state index in [1.54, 1.807) is 0 Å². The standard InChI is InChI=1S/C55H94O6/c1-4-7-10-13-16-19-22-25-26-27-28-29-31-33-36-39-42-45-48-54(57)60-51-52(50-59-53(56)47-44-41-38-35-32-24-21-18-15-12-9-6-3)61-55(58)49-46-43-40-37-34-30-23-20-17-14-11-8-5-2/h8,11,17,19-20,22,26-27,30,34,40,43,52H,4-7,9-10,12-16,18,21,23-25,28-29,31-33,35-39,41-42,44-51H2,1-3H3/b11-8-,20-17-,22-19-,27-26-,34-30-,43-40-. The Morgan fingerprint density at radius 1 is 0.344 bits per heavy atom. The van der Waals surface area contributed by atoms with Crippen LogP contribution in [0.25, 0.3) is 0 Å². The number of rotatable bonds is 45. The summed E-state index contributed by atoms with van der Waals surface area (Å²) in [5, 5.41) is 0. The largest absolute Gasteiger partial charge is 0.462 e. The van der Waals surface area contributed by atoms with Gasteiger partial charge in [-0.1, -0.05) is 216 Å². The van der Waals surface area contributed by atoms with E-state index in [1.807, 2.05) is 12.2 Å². The topological polar surface area (TPSA) is 78.9 Å². The van der Waals surface area contributed by atoms with Crippen molar-refractivity contribution in [3.8, 4) is 0 Å². The van der Waals surface area contributed by atoms with Gasteiger partial charge in [0.05, 0.1) is 0 Å². The molecule has 0 saturated carbocycles. The highest BCUT2D eigenvalue weighted by atomic mass is 16.6. The van der Waals surface area contributed by atoms with Crippen LogP contribution in [-0.4, -0.2) is 37.2 Å². The van der Waals surface area contributed by atoms with Crippen molar-refractivity contribution in [2.45, 2.75) is 245 Å². The van der Waals surface area contributed by atoms with Crippen LogP contribution >= 0.6 is 0 Å². The molecule has 0 heterocycles. The first kappa shape index (κ1) is 57.9. The van der Waals surface area contributed by atoms with E-state index in [-0.39, 0.29) is 31.6 Å². The maximum Gasteiger partial charge on any atom is 0.306 e. The highest BCUT2D eigenvalue weighted by Crippen LogP contribution is 2.14. The molecule has 0 fully saturated rings. The lowest BCUT2D eigenvalue weighted by molar-refractivity contribution is -0.166. The second kappa shape index (κ2) is 49.5. The van der Waals surface area contributed by atoms with E-state index in [0.29, 0.717) is 19.3 Å². The summed E-state index contributed by atoms with van der Waals surface area (Å²) in [7, 11) is 0. The normalized spacial score (nSPS) is 12.6. The summed E-state index contributed by atoms with van der Waals surface area (Å²) < 4.78 is 16.7. The molecule has 0 aliphatic rings. The van der Waals surface area contributed by atoms with Crippen LogP contribution in [0.15, 0.2) is 72.9 Å². The second-order valence-corrected chi connectivity index (χ2v) is 16.7. The molecular formula is C55H94O6. The smallest absolute Gasteiger partial charge is 0.306 e. The molecule has 6 nitrogen and oxygen atoms in total. The van der Waals surface area contributed by atoms with Crippen molar-refractivity contribution in [3.63, 3.8) is 0 Å². The Morgan fingerprint density at radius 3 is 1.08 bits per heavy atom. The van der Waals surface area contributed by atoms with Crippen LogP contribution in [0.3, 0.4) is 0 Å². The Morgan fingerprint density at radius 2 is 0.672 bits per heavy atom. The first-order chi connectivity index (χ1) is 30.0. The van der Waals surface area contributed by atoms with E-state index in [4.69, 9.17) is 14.2 Å². The van der Waals surface area contributed by atoms with E-state index in [2.05, 4.69) is 81.5 Å². The summed E-state index contributed by atoms with van der Waals surface area (Å²) in [5.74, 6) is -0.994. The molecule has 0 spiro atoms. The minimum atomic E-state index is -0.813. The van der Waals surface area contributed by atoms with Gasteiger partial charge in [-0.05, 0) is 77.0 Å². The fraction of sp³-hybridized carbons (Fsp3) is 0.727. The predicted molar refractivity (Wildman–Crippen MR) is 261 cm³/mol. The van der Waals surface area contributed by atoms with Crippen LogP contribution in [0.1, 0.15) is 239 Å². The van der Waals surface area contributed by atoms with Gasteiger partial charge in [0.25, 0.3) is 0 Å². The molecule has 0 aliphatic carbocycles. The summed E-state index contributed by atoms with van der Waals surface area (Å²) in [6.07, 6.45) is 61.8. The molecule has 0 N–H and O–H groups in total. The molecule has 0 radical (unpaired) electrons. The minimum Gasteiger partial charge on any atom is -0.462 e. The summed E-state index contributed by atoms with van der Waals surface area (Å²) in [5.41, 5.74) is 0. The summed E-state index contributed by atoms with van der Waals surface area (Å²) in [6, 6.07) is 0. The summed E-state index contributed by atoms with van der Waals surface area (Å²) in [4.78, 5) is 37.9. The fourth-order valence-corrected chi connectivity index (χ4v) is 6.90. The average Bonchev–Trinajstić information content (AvgIpc) is 3.26. The Kier molecular flexibility index (Phi) is 46.9. The van der Waals surface area contributed by atoms with Crippen LogP contribution in [0.4, 0.5) is 0 Å². The number of hydrogen-bond donors (Lipinski definition) is 0. The van der Waals surface area contributed by atoms with E-state index in [9.17, 15) is 14.4 Å². The quantitative estimate of drug-likeness (QED) is 0.0263. The molecule has 0 saturated heterocycles. The lowest BCUT2D eigenvalue weighted by atomic mass is 10.0. The third-order valence-corrected chi connectivity index (χ3v) is 10.7. The summed E-state index contributed by atoms with van der Waals surface area (Å²) in [6.45, 7) is 6.43. The maximum absolute atomic E-state index is 12.7. The number of esters is 3. The minimum absolute atomic E-state index is 0.105. The zero-order valence-corrected chi connectivity index (χ0v) is 39.9. The Labute approximate surface area is 376 Å². The third-order valence-electron chi connectivity index (χ3n) is 10.7. The lowest BCUT2D eigenvalue weighted by Gasteiger charge is -2.18. The molecule has 1 atom stereocenters. The van der Waals surface area contributed by atoms with Crippen molar-refractivity contribution in [3.05, 3.63) is 72.9 Å². The van der Waals surface area contributed by atoms with Gasteiger partial charge in [-0.15, -0.1) is 0 Å². The maximum atomic E-state index is 12.7. The van der Waals surface area contributed by atoms with Gasteiger partial charge in [-0.3, -0.25) is 14.4 Å². The molecule has 61 heavy (non-hydrogen) atoms. The van der Waals surface area contributed by atoms with Crippen molar-refractivity contribution in [2.24, 2.45) is 0 Å². The number of carbonyl (C=O) groups excluding carboxylic acids is 3. The highest BCUT2D eigenvalue weighted by Gasteiger charge is 2.19. The second-order valence-electron chi connectivity index (χ2n) is 16.7. The Balaban J connectivity index is 4.44. The van der Waals surface area contributed by atoms with Gasteiger partial charge < -0.3 is 14.2 Å². The van der Waals surface area contributed by atoms with Crippen molar-refractivity contribution in [1.82, 2.24) is 0 Å². The van der Waals surface area contributed by atoms with Crippen molar-refractivity contribution >= 4 is 17.9 Å². The molecule has 0 aromatic heterocycles. The first-order valence-electron chi connectivity index (χ1n) is 25.4. The SMILES string of the molecule is CC/C=C\C/C=C\C/C=C\C/C=C\CCC(=O)OC(COC(=O)CCCCCCCCC/C=C\C/C=C\CCCCCC)COC(=O)CCCCCCCCCCCCCC. The molecule has 350 valence electrons. The van der Waals surface area contributed by atoms with Crippen molar-refractivity contribution in [1.29, 1.82) is 0 Å². The third kappa shape index (κ3) is 47.7. The van der Waals surface area contributed by atoms with Gasteiger partial charge >= 0.3 is 17.9 Å². The van der Waals surface area contributed by atoms with Gasteiger partial charge in [0.1, 0.15) is 13.2 Å². The van der Waals surface area contributed by atoms with E-state index >= 15 is 0 Å². The Bertz CT molecular complexity index is 1160. The molecule has 0 rings (SSSR count). The lowest BCUT2D eigenvalue weighted by Crippen LogP contribution is -2.30. The van der Waals surface area contributed by atoms with E-state index < -0.39 is 12.1 Å². The van der Waals surface area contributed by atoms with E-state index in [0.717, 1.165) is 77.0 Å². The molecule has 6 heteroatoms. The zero-order valence-electron chi connectivity index (χ0n) is 39.9. The molecule has 0 aromatic rings. The molecule has 0 aromatic carbocycles. The van der Waals surface area contributed by atoms with Crippen LogP contribution < -0.4 is 0 Å². The molecule has 0 aliphatic heterocycles. The van der Waals surface area contributed by atoms with Gasteiger partial charge in [0.2, 0.25) is 0 Å². The number of carbonyl (C=O) groups is 3.